The van der Waals surface area contributed by atoms with E-state index in [-0.39, 0.29) is 0 Å². The summed E-state index contributed by atoms with van der Waals surface area (Å²) in [5.41, 5.74) is 4.69. The number of carbonyl (C=O) groups is 1. The molecule has 5 nitrogen and oxygen atoms in total. The van der Waals surface area contributed by atoms with Crippen molar-refractivity contribution in [3.05, 3.63) is 53.6 Å². The minimum absolute atomic E-state index is 0.476. The number of rotatable bonds is 10. The number of hydrogen-bond acceptors (Lipinski definition) is 4. The highest BCUT2D eigenvalue weighted by atomic mass is 16.5. The number of nitrogens with zero attached hydrogens (tertiary/aromatic N) is 1. The number of aliphatic carboxylic acids is 1. The maximum absolute atomic E-state index is 11.7. The molecule has 1 aliphatic rings. The van der Waals surface area contributed by atoms with E-state index in [4.69, 9.17) is 9.47 Å². The van der Waals surface area contributed by atoms with Crippen LogP contribution >= 0.6 is 0 Å². The third kappa shape index (κ3) is 6.34. The van der Waals surface area contributed by atoms with Gasteiger partial charge in [-0.1, -0.05) is 32.0 Å². The number of fused-ring (bicyclic) bond motifs is 1. The minimum atomic E-state index is -0.829. The summed E-state index contributed by atoms with van der Waals surface area (Å²) in [6.45, 7) is 7.99. The first-order chi connectivity index (χ1) is 15.1. The fraction of sp³-hybridized carbons (Fsp3) is 0.423. The molecule has 0 amide bonds. The van der Waals surface area contributed by atoms with E-state index in [1.54, 1.807) is 0 Å². The van der Waals surface area contributed by atoms with Gasteiger partial charge in [-0.3, -0.25) is 0 Å². The zero-order valence-electron chi connectivity index (χ0n) is 18.6. The van der Waals surface area contributed by atoms with E-state index < -0.39 is 5.97 Å². The zero-order valence-corrected chi connectivity index (χ0v) is 18.6. The second kappa shape index (κ2) is 11.6. The Hall–Kier alpha value is -2.79. The van der Waals surface area contributed by atoms with Gasteiger partial charge in [-0.2, -0.15) is 0 Å². The Kier molecular flexibility index (Phi) is 8.53. The fourth-order valence-corrected chi connectivity index (χ4v) is 3.86. The lowest BCUT2D eigenvalue weighted by atomic mass is 9.97. The monoisotopic (exact) mass is 423 g/mol. The number of anilines is 1. The van der Waals surface area contributed by atoms with Crippen molar-refractivity contribution in [2.24, 2.45) is 0 Å². The van der Waals surface area contributed by atoms with Gasteiger partial charge < -0.3 is 19.5 Å². The van der Waals surface area contributed by atoms with E-state index in [0.29, 0.717) is 25.2 Å². The van der Waals surface area contributed by atoms with Crippen LogP contribution in [0.5, 0.6) is 5.75 Å². The molecule has 2 aromatic rings. The molecule has 31 heavy (non-hydrogen) atoms. The topological polar surface area (TPSA) is 59.0 Å². The largest absolute Gasteiger partial charge is 0.491 e. The maximum Gasteiger partial charge on any atom is 0.331 e. The highest BCUT2D eigenvalue weighted by Gasteiger charge is 2.17. The highest BCUT2D eigenvalue weighted by molar-refractivity contribution is 5.94. The first kappa shape index (κ1) is 22.9. The van der Waals surface area contributed by atoms with Gasteiger partial charge in [0.05, 0.1) is 6.61 Å². The smallest absolute Gasteiger partial charge is 0.331 e. The highest BCUT2D eigenvalue weighted by Crippen LogP contribution is 2.32. The van der Waals surface area contributed by atoms with Crippen LogP contribution in [0.25, 0.3) is 17.2 Å². The summed E-state index contributed by atoms with van der Waals surface area (Å²) in [7, 11) is 0. The molecule has 0 aliphatic carbocycles. The van der Waals surface area contributed by atoms with Crippen molar-refractivity contribution in [1.29, 1.82) is 0 Å². The van der Waals surface area contributed by atoms with Crippen LogP contribution in [0.1, 0.15) is 45.1 Å². The van der Waals surface area contributed by atoms with Crippen LogP contribution in [0, 0.1) is 0 Å². The minimum Gasteiger partial charge on any atom is -0.491 e. The van der Waals surface area contributed by atoms with Crippen molar-refractivity contribution in [3.8, 4) is 16.9 Å². The first-order valence-corrected chi connectivity index (χ1v) is 11.3. The van der Waals surface area contributed by atoms with Crippen LogP contribution < -0.4 is 9.64 Å². The van der Waals surface area contributed by atoms with Crippen molar-refractivity contribution in [3.63, 3.8) is 0 Å². The average molecular weight is 424 g/mol. The second-order valence-corrected chi connectivity index (χ2v) is 7.82. The van der Waals surface area contributed by atoms with E-state index in [0.717, 1.165) is 67.1 Å². The van der Waals surface area contributed by atoms with Crippen LogP contribution in [-0.4, -0.2) is 44.0 Å². The van der Waals surface area contributed by atoms with Crippen molar-refractivity contribution >= 4 is 17.7 Å². The summed E-state index contributed by atoms with van der Waals surface area (Å²) in [6, 6.07) is 14.3. The number of ether oxygens (including phenoxy) is 2. The molecule has 0 radical (unpaired) electrons. The van der Waals surface area contributed by atoms with Crippen LogP contribution in [0.15, 0.2) is 48.0 Å². The van der Waals surface area contributed by atoms with Gasteiger partial charge in [0.25, 0.3) is 0 Å². The Morgan fingerprint density at radius 3 is 2.48 bits per heavy atom. The standard InChI is InChI=1S/C26H33NO4/c1-3-13-27-14-5-6-22(26(28)29)19-23-18-21(9-12-25(23)27)20-7-10-24(11-8-20)31-17-16-30-15-4-2/h7-12,18-19H,3-6,13-17H2,1-2H3,(H,28,29). The molecule has 166 valence electrons. The van der Waals surface area contributed by atoms with Crippen LogP contribution in [0.2, 0.25) is 0 Å². The molecule has 1 heterocycles. The normalized spacial score (nSPS) is 13.7. The fourth-order valence-electron chi connectivity index (χ4n) is 3.86. The van der Waals surface area contributed by atoms with Gasteiger partial charge in [-0.25, -0.2) is 4.79 Å². The quantitative estimate of drug-likeness (QED) is 0.501. The molecule has 2 aromatic carbocycles. The average Bonchev–Trinajstić information content (AvgIpc) is 2.76. The van der Waals surface area contributed by atoms with Gasteiger partial charge in [0, 0.05) is 31.0 Å². The molecule has 1 N–H and O–H groups in total. The molecule has 5 heteroatoms. The molecule has 0 spiro atoms. The van der Waals surface area contributed by atoms with Gasteiger partial charge in [0.15, 0.2) is 0 Å². The lowest BCUT2D eigenvalue weighted by molar-refractivity contribution is -0.132. The second-order valence-electron chi connectivity index (χ2n) is 7.82. The van der Waals surface area contributed by atoms with Crippen LogP contribution in [0.4, 0.5) is 5.69 Å². The Labute approximate surface area is 185 Å². The Balaban J connectivity index is 1.81. The molecule has 0 atom stereocenters. The lowest BCUT2D eigenvalue weighted by Crippen LogP contribution is -2.27. The van der Waals surface area contributed by atoms with E-state index in [1.165, 1.54) is 0 Å². The van der Waals surface area contributed by atoms with Crippen LogP contribution in [0.3, 0.4) is 0 Å². The van der Waals surface area contributed by atoms with Crippen LogP contribution in [-0.2, 0) is 9.53 Å². The van der Waals surface area contributed by atoms with Gasteiger partial charge in [0.1, 0.15) is 12.4 Å². The molecule has 0 aromatic heterocycles. The number of hydrogen-bond donors (Lipinski definition) is 1. The lowest BCUT2D eigenvalue weighted by Gasteiger charge is -2.28. The zero-order chi connectivity index (χ0) is 22.1. The summed E-state index contributed by atoms with van der Waals surface area (Å²) in [5.74, 6) is -0.0120. The molecule has 0 bridgehead atoms. The van der Waals surface area contributed by atoms with Gasteiger partial charge in [-0.05, 0) is 72.7 Å². The molecule has 1 aliphatic heterocycles. The van der Waals surface area contributed by atoms with Crippen molar-refractivity contribution < 1.29 is 19.4 Å². The third-order valence-electron chi connectivity index (χ3n) is 5.37. The predicted molar refractivity (Wildman–Crippen MR) is 126 cm³/mol. The predicted octanol–water partition coefficient (Wildman–Crippen LogP) is 5.64. The van der Waals surface area contributed by atoms with Crippen molar-refractivity contribution in [2.75, 3.05) is 37.8 Å². The first-order valence-electron chi connectivity index (χ1n) is 11.3. The molecular formula is C26H33NO4. The number of carboxylic acids is 1. The molecule has 0 unspecified atom stereocenters. The SMILES string of the molecule is CCCOCCOc1ccc(-c2ccc3c(c2)C=C(C(=O)O)CCCN3CCC)cc1. The van der Waals surface area contributed by atoms with Crippen molar-refractivity contribution in [2.45, 2.75) is 39.5 Å². The Bertz CT molecular complexity index is 889. The summed E-state index contributed by atoms with van der Waals surface area (Å²) >= 11 is 0. The van der Waals surface area contributed by atoms with E-state index in [1.807, 2.05) is 30.3 Å². The van der Waals surface area contributed by atoms with Gasteiger partial charge >= 0.3 is 5.97 Å². The van der Waals surface area contributed by atoms with E-state index in [2.05, 4.69) is 36.9 Å². The van der Waals surface area contributed by atoms with E-state index in [9.17, 15) is 9.90 Å². The van der Waals surface area contributed by atoms with Gasteiger partial charge in [0.2, 0.25) is 0 Å². The Morgan fingerprint density at radius 1 is 1.00 bits per heavy atom. The number of carboxylic acid groups (broad SMARTS) is 1. The molecule has 0 fully saturated rings. The summed E-state index contributed by atoms with van der Waals surface area (Å²) < 4.78 is 11.2. The molecule has 0 saturated carbocycles. The number of benzene rings is 2. The summed E-state index contributed by atoms with van der Waals surface area (Å²) in [6.07, 6.45) is 5.35. The molecule has 3 rings (SSSR count). The Morgan fingerprint density at radius 2 is 1.77 bits per heavy atom. The maximum atomic E-state index is 11.7. The molecule has 0 saturated heterocycles. The third-order valence-corrected chi connectivity index (χ3v) is 5.37. The molecular weight excluding hydrogens is 390 g/mol. The van der Waals surface area contributed by atoms with Crippen molar-refractivity contribution in [1.82, 2.24) is 0 Å². The van der Waals surface area contributed by atoms with E-state index >= 15 is 0 Å². The summed E-state index contributed by atoms with van der Waals surface area (Å²) in [4.78, 5) is 14.0. The van der Waals surface area contributed by atoms with Gasteiger partial charge in [-0.15, -0.1) is 0 Å². The summed E-state index contributed by atoms with van der Waals surface area (Å²) in [5, 5.41) is 9.58.